The van der Waals surface area contributed by atoms with E-state index in [1.54, 1.807) is 0 Å². The van der Waals surface area contributed by atoms with Gasteiger partial charge in [-0.25, -0.2) is 0 Å². The summed E-state index contributed by atoms with van der Waals surface area (Å²) in [4.78, 5) is 0. The smallest absolute Gasteiger partial charge is 0.0603 e. The topological polar surface area (TPSA) is 34.2 Å². The van der Waals surface area contributed by atoms with E-state index in [0.717, 1.165) is 22.6 Å². The summed E-state index contributed by atoms with van der Waals surface area (Å²) in [6.45, 7) is 0. The number of rotatable bonds is 5. The van der Waals surface area contributed by atoms with E-state index in [0.29, 0.717) is 0 Å². The highest BCUT2D eigenvalue weighted by Gasteiger charge is 2.16. The molecule has 0 unspecified atom stereocenters. The molecule has 0 aliphatic rings. The molecule has 8 aromatic rings. The van der Waals surface area contributed by atoms with E-state index in [1.165, 1.54) is 43.6 Å². The fourth-order valence-electron chi connectivity index (χ4n) is 6.04. The molecule has 41 heavy (non-hydrogen) atoms. The third-order valence-electron chi connectivity index (χ3n) is 7.79. The van der Waals surface area contributed by atoms with Crippen LogP contribution < -0.4 is 5.43 Å². The van der Waals surface area contributed by atoms with Crippen molar-refractivity contribution in [2.45, 2.75) is 0 Å². The van der Waals surface area contributed by atoms with Crippen LogP contribution in [-0.4, -0.2) is 15.3 Å². The molecule has 0 saturated heterocycles. The predicted molar refractivity (Wildman–Crippen MR) is 173 cm³/mol. The third-order valence-corrected chi connectivity index (χ3v) is 7.79. The summed E-state index contributed by atoms with van der Waals surface area (Å²) in [5.74, 6) is 0. The molecule has 0 fully saturated rings. The van der Waals surface area contributed by atoms with Gasteiger partial charge in [0.1, 0.15) is 0 Å². The number of hydrazone groups is 1. The second-order valence-corrected chi connectivity index (χ2v) is 10.3. The normalized spacial score (nSPS) is 11.8. The van der Waals surface area contributed by atoms with Crippen molar-refractivity contribution in [2.24, 2.45) is 5.10 Å². The highest BCUT2D eigenvalue weighted by atomic mass is 15.3. The Balaban J connectivity index is 1.39. The second kappa shape index (κ2) is 9.54. The van der Waals surface area contributed by atoms with E-state index >= 15 is 0 Å². The molecular formula is C37H26N4. The zero-order valence-electron chi connectivity index (χ0n) is 22.3. The Labute approximate surface area is 237 Å². The quantitative estimate of drug-likeness (QED) is 0.176. The first-order chi connectivity index (χ1) is 20.3. The van der Waals surface area contributed by atoms with Crippen LogP contribution in [0.3, 0.4) is 0 Å². The van der Waals surface area contributed by atoms with Crippen LogP contribution in [0.1, 0.15) is 5.56 Å². The van der Waals surface area contributed by atoms with Crippen LogP contribution in [0.5, 0.6) is 0 Å². The number of aromatic nitrogens is 2. The molecule has 0 bridgehead atoms. The SMILES string of the molecule is C(=N\Nc1cc(-n2c3ccccc3c3ccccc32)cc(-n2c3ccccc3c3ccccc32)c1)/c1ccccc1. The maximum absolute atomic E-state index is 4.61. The van der Waals surface area contributed by atoms with Crippen molar-refractivity contribution in [2.75, 3.05) is 5.43 Å². The van der Waals surface area contributed by atoms with Gasteiger partial charge < -0.3 is 9.13 Å². The third kappa shape index (κ3) is 3.88. The summed E-state index contributed by atoms with van der Waals surface area (Å²) in [6.07, 6.45) is 1.85. The largest absolute Gasteiger partial charge is 0.309 e. The fraction of sp³-hybridized carbons (Fsp3) is 0. The zero-order chi connectivity index (χ0) is 27.2. The molecule has 0 radical (unpaired) electrons. The molecule has 0 aliphatic carbocycles. The zero-order valence-corrected chi connectivity index (χ0v) is 22.3. The van der Waals surface area contributed by atoms with Gasteiger partial charge in [-0.15, -0.1) is 0 Å². The van der Waals surface area contributed by atoms with Gasteiger partial charge in [-0.05, 0) is 48.0 Å². The maximum Gasteiger partial charge on any atom is 0.0603 e. The van der Waals surface area contributed by atoms with Crippen molar-refractivity contribution in [3.63, 3.8) is 0 Å². The molecule has 4 heteroatoms. The fourth-order valence-corrected chi connectivity index (χ4v) is 6.04. The summed E-state index contributed by atoms with van der Waals surface area (Å²) in [5.41, 5.74) is 12.1. The highest BCUT2D eigenvalue weighted by molar-refractivity contribution is 6.10. The van der Waals surface area contributed by atoms with Crippen LogP contribution in [0.25, 0.3) is 55.0 Å². The lowest BCUT2D eigenvalue weighted by molar-refractivity contribution is 1.13. The highest BCUT2D eigenvalue weighted by Crippen LogP contribution is 2.36. The summed E-state index contributed by atoms with van der Waals surface area (Å²) >= 11 is 0. The number of anilines is 1. The number of fused-ring (bicyclic) bond motifs is 6. The maximum atomic E-state index is 4.61. The molecule has 0 amide bonds. The average molecular weight is 527 g/mol. The lowest BCUT2D eigenvalue weighted by Crippen LogP contribution is -2.01. The Bertz CT molecular complexity index is 2000. The number of benzene rings is 6. The van der Waals surface area contributed by atoms with Gasteiger partial charge in [0.05, 0.1) is 45.3 Å². The average Bonchev–Trinajstić information content (AvgIpc) is 3.55. The van der Waals surface area contributed by atoms with E-state index in [4.69, 9.17) is 0 Å². The van der Waals surface area contributed by atoms with Crippen molar-refractivity contribution in [1.29, 1.82) is 0 Å². The van der Waals surface area contributed by atoms with Gasteiger partial charge in [0, 0.05) is 21.5 Å². The van der Waals surface area contributed by atoms with Crippen molar-refractivity contribution < 1.29 is 0 Å². The van der Waals surface area contributed by atoms with Gasteiger partial charge >= 0.3 is 0 Å². The van der Waals surface area contributed by atoms with Gasteiger partial charge in [0.25, 0.3) is 0 Å². The van der Waals surface area contributed by atoms with Gasteiger partial charge in [0.2, 0.25) is 0 Å². The van der Waals surface area contributed by atoms with E-state index in [9.17, 15) is 0 Å². The molecule has 8 rings (SSSR count). The van der Waals surface area contributed by atoms with E-state index < -0.39 is 0 Å². The lowest BCUT2D eigenvalue weighted by atomic mass is 10.2. The van der Waals surface area contributed by atoms with Crippen LogP contribution in [-0.2, 0) is 0 Å². The molecule has 0 spiro atoms. The minimum absolute atomic E-state index is 0.911. The van der Waals surface area contributed by atoms with E-state index in [2.05, 4.69) is 135 Å². The Morgan fingerprint density at radius 1 is 0.439 bits per heavy atom. The predicted octanol–water partition coefficient (Wildman–Crippen LogP) is 9.33. The summed E-state index contributed by atoms with van der Waals surface area (Å²) in [6, 6.07) is 51.3. The standard InChI is InChI=1S/C37H26N4/c1-2-12-26(13-3-1)25-38-39-27-22-28(40-34-18-8-4-14-30(34)31-15-5-9-19-35(31)40)24-29(23-27)41-36-20-10-6-16-32(36)33-17-7-11-21-37(33)41/h1-25,39H/b38-25+. The molecule has 1 N–H and O–H groups in total. The Hall–Kier alpha value is -5.61. The van der Waals surface area contributed by atoms with Crippen molar-refractivity contribution in [1.82, 2.24) is 9.13 Å². The summed E-state index contributed by atoms with van der Waals surface area (Å²) in [5, 5.41) is 9.56. The van der Waals surface area contributed by atoms with Crippen LogP contribution in [0.2, 0.25) is 0 Å². The molecule has 194 valence electrons. The first kappa shape index (κ1) is 23.3. The Morgan fingerprint density at radius 3 is 1.27 bits per heavy atom. The van der Waals surface area contributed by atoms with Crippen molar-refractivity contribution in [3.8, 4) is 11.4 Å². The minimum Gasteiger partial charge on any atom is -0.309 e. The number of hydrogen-bond donors (Lipinski definition) is 1. The molecule has 0 atom stereocenters. The molecule has 2 aromatic heterocycles. The molecular weight excluding hydrogens is 500 g/mol. The van der Waals surface area contributed by atoms with Crippen LogP contribution in [0.15, 0.2) is 151 Å². The van der Waals surface area contributed by atoms with E-state index in [-0.39, 0.29) is 0 Å². The number of nitrogens with zero attached hydrogens (tertiary/aromatic N) is 3. The number of nitrogens with one attached hydrogen (secondary N) is 1. The van der Waals surface area contributed by atoms with Crippen molar-refractivity contribution >= 4 is 55.5 Å². The molecule has 0 saturated carbocycles. The lowest BCUT2D eigenvalue weighted by Gasteiger charge is -2.15. The Kier molecular flexibility index (Phi) is 5.42. The van der Waals surface area contributed by atoms with E-state index in [1.807, 2.05) is 36.5 Å². The summed E-state index contributed by atoms with van der Waals surface area (Å²) in [7, 11) is 0. The second-order valence-electron chi connectivity index (χ2n) is 10.3. The molecule has 0 aliphatic heterocycles. The molecule has 6 aromatic carbocycles. The minimum atomic E-state index is 0.911. The first-order valence-electron chi connectivity index (χ1n) is 13.8. The van der Waals surface area contributed by atoms with Gasteiger partial charge in [-0.3, -0.25) is 5.43 Å². The van der Waals surface area contributed by atoms with Gasteiger partial charge in [-0.1, -0.05) is 103 Å². The number of hydrogen-bond acceptors (Lipinski definition) is 2. The van der Waals surface area contributed by atoms with Crippen LogP contribution >= 0.6 is 0 Å². The van der Waals surface area contributed by atoms with Gasteiger partial charge in [0.15, 0.2) is 0 Å². The van der Waals surface area contributed by atoms with Crippen LogP contribution in [0.4, 0.5) is 5.69 Å². The van der Waals surface area contributed by atoms with Gasteiger partial charge in [-0.2, -0.15) is 5.10 Å². The first-order valence-corrected chi connectivity index (χ1v) is 13.8. The molecule has 4 nitrogen and oxygen atoms in total. The van der Waals surface area contributed by atoms with Crippen LogP contribution in [0, 0.1) is 0 Å². The number of para-hydroxylation sites is 4. The monoisotopic (exact) mass is 526 g/mol. The summed E-state index contributed by atoms with van der Waals surface area (Å²) < 4.78 is 4.71. The Morgan fingerprint density at radius 2 is 0.829 bits per heavy atom. The van der Waals surface area contributed by atoms with Crippen molar-refractivity contribution in [3.05, 3.63) is 151 Å². The molecule has 2 heterocycles.